The van der Waals surface area contributed by atoms with Crippen molar-refractivity contribution < 1.29 is 4.79 Å². The largest absolute Gasteiger partial charge is 0.298 e. The fourth-order valence-corrected chi connectivity index (χ4v) is 2.53. The first-order valence-electron chi connectivity index (χ1n) is 7.04. The molecule has 0 atom stereocenters. The van der Waals surface area contributed by atoms with Crippen molar-refractivity contribution in [3.63, 3.8) is 0 Å². The Morgan fingerprint density at radius 1 is 1.30 bits per heavy atom. The van der Waals surface area contributed by atoms with Gasteiger partial charge in [-0.05, 0) is 26.7 Å². The van der Waals surface area contributed by atoms with E-state index in [1.165, 1.54) is 0 Å². The van der Waals surface area contributed by atoms with Crippen LogP contribution in [0.2, 0.25) is 0 Å². The van der Waals surface area contributed by atoms with Crippen molar-refractivity contribution in [2.24, 2.45) is 5.92 Å². The van der Waals surface area contributed by atoms with Gasteiger partial charge in [-0.25, -0.2) is 0 Å². The molecule has 0 N–H and O–H groups in total. The molecule has 5 heteroatoms. The van der Waals surface area contributed by atoms with Gasteiger partial charge in [0.15, 0.2) is 6.29 Å². The van der Waals surface area contributed by atoms with Crippen molar-refractivity contribution in [1.82, 2.24) is 19.6 Å². The first-order chi connectivity index (χ1) is 9.47. The third kappa shape index (κ3) is 2.53. The van der Waals surface area contributed by atoms with Crippen LogP contribution in [-0.2, 0) is 13.1 Å². The lowest BCUT2D eigenvalue weighted by Gasteiger charge is -2.04. The van der Waals surface area contributed by atoms with E-state index in [0.29, 0.717) is 11.5 Å². The molecule has 2 aromatic heterocycles. The van der Waals surface area contributed by atoms with Crippen molar-refractivity contribution in [2.45, 2.75) is 47.7 Å². The summed E-state index contributed by atoms with van der Waals surface area (Å²) in [5, 5.41) is 9.09. The van der Waals surface area contributed by atoms with Crippen LogP contribution in [0.15, 0.2) is 6.20 Å². The summed E-state index contributed by atoms with van der Waals surface area (Å²) in [6.45, 7) is 11.9. The molecule has 0 bridgehead atoms. The Bertz CT molecular complexity index is 622. The van der Waals surface area contributed by atoms with Crippen LogP contribution >= 0.6 is 0 Å². The zero-order valence-corrected chi connectivity index (χ0v) is 12.8. The number of rotatable bonds is 5. The van der Waals surface area contributed by atoms with E-state index in [4.69, 9.17) is 0 Å². The molecule has 0 saturated carbocycles. The third-order valence-corrected chi connectivity index (χ3v) is 3.39. The molecule has 0 saturated heterocycles. The number of nitrogens with zero attached hydrogens (tertiary/aromatic N) is 4. The summed E-state index contributed by atoms with van der Waals surface area (Å²) >= 11 is 0. The smallest absolute Gasteiger partial charge is 0.153 e. The zero-order chi connectivity index (χ0) is 14.9. The third-order valence-electron chi connectivity index (χ3n) is 3.39. The van der Waals surface area contributed by atoms with Gasteiger partial charge in [0.05, 0.1) is 11.3 Å². The lowest BCUT2D eigenvalue weighted by molar-refractivity contribution is 0.112. The van der Waals surface area contributed by atoms with Gasteiger partial charge in [0.1, 0.15) is 5.69 Å². The molecule has 108 valence electrons. The number of hydrogen-bond donors (Lipinski definition) is 0. The van der Waals surface area contributed by atoms with Gasteiger partial charge < -0.3 is 0 Å². The highest BCUT2D eigenvalue weighted by molar-refractivity contribution is 5.86. The second-order valence-corrected chi connectivity index (χ2v) is 5.53. The van der Waals surface area contributed by atoms with Gasteiger partial charge in [-0.3, -0.25) is 14.2 Å². The maximum absolute atomic E-state index is 11.3. The van der Waals surface area contributed by atoms with Gasteiger partial charge in [0, 0.05) is 30.5 Å². The van der Waals surface area contributed by atoms with E-state index in [9.17, 15) is 4.79 Å². The maximum Gasteiger partial charge on any atom is 0.153 e. The Hall–Kier alpha value is -1.91. The predicted octanol–water partition coefficient (Wildman–Crippen LogP) is 2.85. The minimum atomic E-state index is 0.489. The topological polar surface area (TPSA) is 52.7 Å². The van der Waals surface area contributed by atoms with Gasteiger partial charge >= 0.3 is 0 Å². The highest BCUT2D eigenvalue weighted by Crippen LogP contribution is 2.28. The van der Waals surface area contributed by atoms with Crippen LogP contribution in [0.1, 0.15) is 42.5 Å². The van der Waals surface area contributed by atoms with Crippen molar-refractivity contribution in [2.75, 3.05) is 0 Å². The van der Waals surface area contributed by atoms with Gasteiger partial charge in [-0.15, -0.1) is 0 Å². The molecule has 0 radical (unpaired) electrons. The van der Waals surface area contributed by atoms with E-state index in [2.05, 4.69) is 31.0 Å². The van der Waals surface area contributed by atoms with Crippen LogP contribution < -0.4 is 0 Å². The molecule has 0 fully saturated rings. The second kappa shape index (κ2) is 5.61. The highest BCUT2D eigenvalue weighted by atomic mass is 16.1. The van der Waals surface area contributed by atoms with Crippen LogP contribution in [0.4, 0.5) is 0 Å². The highest BCUT2D eigenvalue weighted by Gasteiger charge is 2.19. The average Bonchev–Trinajstić information content (AvgIpc) is 2.89. The molecule has 0 amide bonds. The molecule has 0 unspecified atom stereocenters. The van der Waals surface area contributed by atoms with Crippen LogP contribution in [0.3, 0.4) is 0 Å². The molecule has 0 spiro atoms. The normalized spacial score (nSPS) is 11.3. The van der Waals surface area contributed by atoms with E-state index in [1.54, 1.807) is 0 Å². The first kappa shape index (κ1) is 14.5. The number of aldehydes is 1. The zero-order valence-electron chi connectivity index (χ0n) is 12.8. The molecule has 20 heavy (non-hydrogen) atoms. The lowest BCUT2D eigenvalue weighted by Crippen LogP contribution is -2.04. The van der Waals surface area contributed by atoms with E-state index < -0.39 is 0 Å². The number of aromatic nitrogens is 4. The number of hydrogen-bond acceptors (Lipinski definition) is 3. The van der Waals surface area contributed by atoms with Gasteiger partial charge in [0.25, 0.3) is 0 Å². The van der Waals surface area contributed by atoms with E-state index in [-0.39, 0.29) is 0 Å². The number of carbonyl (C=O) groups excluding carboxylic acids is 1. The monoisotopic (exact) mass is 274 g/mol. The molecule has 2 heterocycles. The number of aryl methyl sites for hydroxylation is 2. The summed E-state index contributed by atoms with van der Waals surface area (Å²) in [6, 6.07) is 0. The Kier molecular flexibility index (Phi) is 4.06. The number of carbonyl (C=O) groups is 1. The fourth-order valence-electron chi connectivity index (χ4n) is 2.53. The van der Waals surface area contributed by atoms with Gasteiger partial charge in [0.2, 0.25) is 0 Å². The van der Waals surface area contributed by atoms with Gasteiger partial charge in [-0.2, -0.15) is 10.2 Å². The van der Waals surface area contributed by atoms with Crippen LogP contribution in [-0.4, -0.2) is 25.8 Å². The summed E-state index contributed by atoms with van der Waals surface area (Å²) in [5.41, 5.74) is 4.34. The molecule has 0 aliphatic carbocycles. The van der Waals surface area contributed by atoms with E-state index in [1.807, 2.05) is 29.4 Å². The van der Waals surface area contributed by atoms with Crippen LogP contribution in [0.25, 0.3) is 11.3 Å². The Morgan fingerprint density at radius 2 is 2.00 bits per heavy atom. The molecular weight excluding hydrogens is 252 g/mol. The van der Waals surface area contributed by atoms with Crippen LogP contribution in [0.5, 0.6) is 0 Å². The van der Waals surface area contributed by atoms with E-state index in [0.717, 1.165) is 42.0 Å². The maximum atomic E-state index is 11.3. The second-order valence-electron chi connectivity index (χ2n) is 5.53. The van der Waals surface area contributed by atoms with Crippen molar-refractivity contribution >= 4 is 6.29 Å². The minimum absolute atomic E-state index is 0.489. The molecule has 2 aromatic rings. The van der Waals surface area contributed by atoms with Crippen molar-refractivity contribution in [3.05, 3.63) is 23.1 Å². The molecule has 0 aliphatic heterocycles. The van der Waals surface area contributed by atoms with Gasteiger partial charge in [-0.1, -0.05) is 13.8 Å². The minimum Gasteiger partial charge on any atom is -0.298 e. The Balaban J connectivity index is 2.54. The Morgan fingerprint density at radius 3 is 2.50 bits per heavy atom. The summed E-state index contributed by atoms with van der Waals surface area (Å²) in [6.07, 6.45) is 2.70. The predicted molar refractivity (Wildman–Crippen MR) is 78.8 cm³/mol. The SMILES string of the molecule is CCn1nc(C)c(-c2nn(CC(C)C)cc2C=O)c1C. The molecule has 0 aliphatic rings. The lowest BCUT2D eigenvalue weighted by atomic mass is 10.1. The molecule has 2 rings (SSSR count). The summed E-state index contributed by atoms with van der Waals surface area (Å²) < 4.78 is 3.80. The standard InChI is InChI=1S/C15H22N4O/c1-6-19-12(5)14(11(4)16-19)15-13(9-20)8-18(17-15)7-10(2)3/h8-10H,6-7H2,1-5H3. The molecule has 5 nitrogen and oxygen atoms in total. The molecular formula is C15H22N4O. The average molecular weight is 274 g/mol. The van der Waals surface area contributed by atoms with Crippen molar-refractivity contribution in [3.8, 4) is 11.3 Å². The molecule has 0 aromatic carbocycles. The summed E-state index contributed by atoms with van der Waals surface area (Å²) in [5.74, 6) is 0.489. The summed E-state index contributed by atoms with van der Waals surface area (Å²) in [7, 11) is 0. The summed E-state index contributed by atoms with van der Waals surface area (Å²) in [4.78, 5) is 11.3. The fraction of sp³-hybridized carbons (Fsp3) is 0.533. The van der Waals surface area contributed by atoms with E-state index >= 15 is 0 Å². The quantitative estimate of drug-likeness (QED) is 0.788. The Labute approximate surface area is 119 Å². The van der Waals surface area contributed by atoms with Crippen LogP contribution in [0, 0.1) is 19.8 Å². The first-order valence-corrected chi connectivity index (χ1v) is 7.04. The van der Waals surface area contributed by atoms with Crippen molar-refractivity contribution in [1.29, 1.82) is 0 Å².